The van der Waals surface area contributed by atoms with Crippen LogP contribution in [0.1, 0.15) is 5.69 Å². The maximum Gasteiger partial charge on any atom is 0.321 e. The van der Waals surface area contributed by atoms with E-state index in [0.29, 0.717) is 32.7 Å². The number of H-pyrrole nitrogens is 1. The van der Waals surface area contributed by atoms with Gasteiger partial charge in [0, 0.05) is 31.4 Å². The Morgan fingerprint density at radius 2 is 2.38 bits per heavy atom. The first kappa shape index (κ1) is 11.1. The monoisotopic (exact) mass is 225 g/mol. The molecule has 1 saturated heterocycles. The zero-order valence-electron chi connectivity index (χ0n) is 8.93. The molecule has 2 N–H and O–H groups in total. The summed E-state index contributed by atoms with van der Waals surface area (Å²) in [7, 11) is 0. The van der Waals surface area contributed by atoms with Crippen LogP contribution in [0, 0.1) is 0 Å². The van der Waals surface area contributed by atoms with Gasteiger partial charge in [0.25, 0.3) is 0 Å². The third-order valence-corrected chi connectivity index (χ3v) is 2.74. The van der Waals surface area contributed by atoms with Crippen LogP contribution in [0.25, 0.3) is 0 Å². The van der Waals surface area contributed by atoms with Crippen LogP contribution in [0.3, 0.4) is 0 Å². The fraction of sp³-hybridized carbons (Fsp3) is 0.600. The number of carbonyl (C=O) groups is 1. The molecule has 88 valence electrons. The normalized spacial score (nSPS) is 19.5. The highest BCUT2D eigenvalue weighted by atomic mass is 16.5. The smallest absolute Gasteiger partial charge is 0.321 e. The van der Waals surface area contributed by atoms with Crippen molar-refractivity contribution in [2.75, 3.05) is 26.3 Å². The van der Waals surface area contributed by atoms with Crippen LogP contribution in [0.2, 0.25) is 0 Å². The number of morpholine rings is 1. The van der Waals surface area contributed by atoms with Gasteiger partial charge in [0.15, 0.2) is 0 Å². The second-order valence-corrected chi connectivity index (χ2v) is 3.78. The predicted molar refractivity (Wildman–Crippen MR) is 56.1 cm³/mol. The molecule has 0 spiro atoms. The summed E-state index contributed by atoms with van der Waals surface area (Å²) in [5, 5.41) is 9.21. The molecule has 1 fully saturated rings. The molecule has 6 nitrogen and oxygen atoms in total. The molecule has 0 bridgehead atoms. The lowest BCUT2D eigenvalue weighted by atomic mass is 10.1. The number of carboxylic acids is 1. The molecule has 1 aliphatic rings. The van der Waals surface area contributed by atoms with Crippen LogP contribution in [-0.2, 0) is 16.0 Å². The molecule has 6 heteroatoms. The molecule has 1 atom stereocenters. The molecule has 0 aromatic carbocycles. The summed E-state index contributed by atoms with van der Waals surface area (Å²) in [5.74, 6) is -0.795. The number of imidazole rings is 1. The van der Waals surface area contributed by atoms with Crippen molar-refractivity contribution in [3.8, 4) is 0 Å². The van der Waals surface area contributed by atoms with Crippen molar-refractivity contribution in [2.24, 2.45) is 0 Å². The minimum absolute atomic E-state index is 0.454. The number of carboxylic acid groups (broad SMARTS) is 1. The van der Waals surface area contributed by atoms with E-state index in [9.17, 15) is 9.90 Å². The first-order chi connectivity index (χ1) is 7.77. The van der Waals surface area contributed by atoms with Crippen molar-refractivity contribution in [1.29, 1.82) is 0 Å². The highest BCUT2D eigenvalue weighted by Crippen LogP contribution is 2.09. The molecule has 0 amide bonds. The summed E-state index contributed by atoms with van der Waals surface area (Å²) in [5.41, 5.74) is 0.846. The van der Waals surface area contributed by atoms with E-state index in [2.05, 4.69) is 9.97 Å². The van der Waals surface area contributed by atoms with Crippen LogP contribution in [0.4, 0.5) is 0 Å². The first-order valence-corrected chi connectivity index (χ1v) is 5.29. The minimum atomic E-state index is -0.795. The number of aliphatic carboxylic acids is 1. The molecule has 1 aliphatic heterocycles. The van der Waals surface area contributed by atoms with Gasteiger partial charge in [0.1, 0.15) is 6.04 Å². The lowest BCUT2D eigenvalue weighted by Gasteiger charge is -2.31. The van der Waals surface area contributed by atoms with E-state index in [4.69, 9.17) is 4.74 Å². The van der Waals surface area contributed by atoms with Gasteiger partial charge < -0.3 is 14.8 Å². The Balaban J connectivity index is 2.01. The number of ether oxygens (including phenoxy) is 1. The van der Waals surface area contributed by atoms with Crippen LogP contribution >= 0.6 is 0 Å². The van der Waals surface area contributed by atoms with Crippen LogP contribution in [0.5, 0.6) is 0 Å². The Bertz CT molecular complexity index is 333. The summed E-state index contributed by atoms with van der Waals surface area (Å²) >= 11 is 0. The topological polar surface area (TPSA) is 78.4 Å². The van der Waals surface area contributed by atoms with Crippen LogP contribution in [-0.4, -0.2) is 58.3 Å². The van der Waals surface area contributed by atoms with Crippen molar-refractivity contribution in [3.63, 3.8) is 0 Å². The highest BCUT2D eigenvalue weighted by Gasteiger charge is 2.27. The van der Waals surface area contributed by atoms with E-state index in [1.165, 1.54) is 0 Å². The molecule has 16 heavy (non-hydrogen) atoms. The van der Waals surface area contributed by atoms with Crippen LogP contribution < -0.4 is 0 Å². The predicted octanol–water partition coefficient (Wildman–Crippen LogP) is -0.262. The zero-order chi connectivity index (χ0) is 11.4. The summed E-state index contributed by atoms with van der Waals surface area (Å²) in [4.78, 5) is 20.0. The molecule has 0 aliphatic carbocycles. The van der Waals surface area contributed by atoms with Crippen molar-refractivity contribution < 1.29 is 14.6 Å². The third-order valence-electron chi connectivity index (χ3n) is 2.74. The largest absolute Gasteiger partial charge is 0.480 e. The van der Waals surface area contributed by atoms with Gasteiger partial charge >= 0.3 is 5.97 Å². The Hall–Kier alpha value is -1.40. The van der Waals surface area contributed by atoms with E-state index in [0.717, 1.165) is 5.69 Å². The zero-order valence-corrected chi connectivity index (χ0v) is 8.93. The quantitative estimate of drug-likeness (QED) is 0.738. The summed E-state index contributed by atoms with van der Waals surface area (Å²) in [6.45, 7) is 2.55. The van der Waals surface area contributed by atoms with Crippen LogP contribution in [0.15, 0.2) is 12.5 Å². The number of nitrogens with one attached hydrogen (secondary N) is 1. The molecule has 0 radical (unpaired) electrons. The van der Waals surface area contributed by atoms with Gasteiger partial charge in [-0.05, 0) is 0 Å². The van der Waals surface area contributed by atoms with E-state index in [1.807, 2.05) is 4.90 Å². The average Bonchev–Trinajstić information content (AvgIpc) is 2.79. The number of nitrogens with zero attached hydrogens (tertiary/aromatic N) is 2. The fourth-order valence-electron chi connectivity index (χ4n) is 1.87. The Morgan fingerprint density at radius 3 is 2.94 bits per heavy atom. The number of hydrogen-bond acceptors (Lipinski definition) is 4. The van der Waals surface area contributed by atoms with E-state index < -0.39 is 12.0 Å². The molecule has 2 rings (SSSR count). The molecule has 0 saturated carbocycles. The number of hydrogen-bond donors (Lipinski definition) is 2. The van der Waals surface area contributed by atoms with Crippen molar-refractivity contribution in [3.05, 3.63) is 18.2 Å². The summed E-state index contributed by atoms with van der Waals surface area (Å²) in [6.07, 6.45) is 3.68. The summed E-state index contributed by atoms with van der Waals surface area (Å²) < 4.78 is 5.21. The first-order valence-electron chi connectivity index (χ1n) is 5.29. The van der Waals surface area contributed by atoms with Crippen molar-refractivity contribution in [1.82, 2.24) is 14.9 Å². The maximum absolute atomic E-state index is 11.2. The molecule has 0 unspecified atom stereocenters. The SMILES string of the molecule is O=C(O)[C@H](Cc1cnc[nH]1)N1CCOCC1. The lowest BCUT2D eigenvalue weighted by molar-refractivity contribution is -0.145. The second-order valence-electron chi connectivity index (χ2n) is 3.78. The van der Waals surface area contributed by atoms with Gasteiger partial charge in [-0.3, -0.25) is 9.69 Å². The van der Waals surface area contributed by atoms with Gasteiger partial charge in [-0.2, -0.15) is 0 Å². The van der Waals surface area contributed by atoms with E-state index in [1.54, 1.807) is 12.5 Å². The molecule has 1 aromatic rings. The van der Waals surface area contributed by atoms with Gasteiger partial charge in [0.05, 0.1) is 19.5 Å². The minimum Gasteiger partial charge on any atom is -0.480 e. The molecular weight excluding hydrogens is 210 g/mol. The van der Waals surface area contributed by atoms with E-state index in [-0.39, 0.29) is 0 Å². The second kappa shape index (κ2) is 5.09. The average molecular weight is 225 g/mol. The van der Waals surface area contributed by atoms with Gasteiger partial charge in [-0.1, -0.05) is 0 Å². The van der Waals surface area contributed by atoms with Gasteiger partial charge in [-0.25, -0.2) is 4.98 Å². The molecule has 1 aromatic heterocycles. The summed E-state index contributed by atoms with van der Waals surface area (Å²) in [6, 6.07) is -0.496. The molecule has 2 heterocycles. The number of aromatic amines is 1. The number of rotatable bonds is 4. The van der Waals surface area contributed by atoms with Crippen molar-refractivity contribution in [2.45, 2.75) is 12.5 Å². The fourth-order valence-corrected chi connectivity index (χ4v) is 1.87. The van der Waals surface area contributed by atoms with Gasteiger partial charge in [-0.15, -0.1) is 0 Å². The Labute approximate surface area is 93.2 Å². The highest BCUT2D eigenvalue weighted by molar-refractivity contribution is 5.73. The third kappa shape index (κ3) is 2.59. The Kier molecular flexibility index (Phi) is 3.53. The van der Waals surface area contributed by atoms with Crippen molar-refractivity contribution >= 4 is 5.97 Å². The number of aromatic nitrogens is 2. The van der Waals surface area contributed by atoms with Gasteiger partial charge in [0.2, 0.25) is 0 Å². The Morgan fingerprint density at radius 1 is 1.62 bits per heavy atom. The van der Waals surface area contributed by atoms with E-state index >= 15 is 0 Å². The lowest BCUT2D eigenvalue weighted by Crippen LogP contribution is -2.48. The molecular formula is C10H15N3O3. The standard InChI is InChI=1S/C10H15N3O3/c14-10(15)9(5-8-6-11-7-12-8)13-1-3-16-4-2-13/h6-7,9H,1-5H2,(H,11,12)(H,14,15)/t9-/m0/s1. The maximum atomic E-state index is 11.2.